The van der Waals surface area contributed by atoms with Crippen LogP contribution in [-0.2, 0) is 0 Å². The molecule has 4 aromatic rings. The maximum absolute atomic E-state index is 4.54. The first-order valence-corrected chi connectivity index (χ1v) is 7.53. The molecular formula is C20H14N2. The molecule has 5 rings (SSSR count). The van der Waals surface area contributed by atoms with E-state index in [0.29, 0.717) is 0 Å². The third kappa shape index (κ3) is 1.52. The van der Waals surface area contributed by atoms with Crippen molar-refractivity contribution < 1.29 is 0 Å². The van der Waals surface area contributed by atoms with Crippen LogP contribution >= 0.6 is 0 Å². The van der Waals surface area contributed by atoms with Gasteiger partial charge in [-0.05, 0) is 34.0 Å². The number of aromatic nitrogens is 2. The Morgan fingerprint density at radius 1 is 0.864 bits per heavy atom. The van der Waals surface area contributed by atoms with E-state index in [4.69, 9.17) is 0 Å². The van der Waals surface area contributed by atoms with Crippen LogP contribution in [0.15, 0.2) is 73.1 Å². The number of benzene rings is 3. The molecule has 1 aromatic heterocycles. The fraction of sp³-hybridized carbons (Fsp3) is 0.0500. The highest BCUT2D eigenvalue weighted by Gasteiger charge is 2.20. The van der Waals surface area contributed by atoms with Gasteiger partial charge in [-0.25, -0.2) is 4.98 Å². The zero-order valence-electron chi connectivity index (χ0n) is 12.0. The Morgan fingerprint density at radius 3 is 2.68 bits per heavy atom. The van der Waals surface area contributed by atoms with Gasteiger partial charge in [0, 0.05) is 0 Å². The molecule has 0 saturated carbocycles. The molecule has 1 unspecified atom stereocenters. The molecule has 0 N–H and O–H groups in total. The van der Waals surface area contributed by atoms with Crippen molar-refractivity contribution in [3.8, 4) is 0 Å². The first-order chi connectivity index (χ1) is 10.9. The van der Waals surface area contributed by atoms with Crippen LogP contribution in [0.3, 0.4) is 0 Å². The molecule has 1 heterocycles. The average Bonchev–Trinajstić information content (AvgIpc) is 3.00. The van der Waals surface area contributed by atoms with Crippen LogP contribution in [0.25, 0.3) is 27.9 Å². The number of para-hydroxylation sites is 2. The van der Waals surface area contributed by atoms with Gasteiger partial charge in [-0.3, -0.25) is 0 Å². The second kappa shape index (κ2) is 4.31. The number of imidazole rings is 1. The van der Waals surface area contributed by atoms with Crippen molar-refractivity contribution in [2.75, 3.05) is 0 Å². The first kappa shape index (κ1) is 11.8. The number of rotatable bonds is 1. The Kier molecular flexibility index (Phi) is 2.30. The molecule has 3 aromatic carbocycles. The molecule has 0 bridgehead atoms. The van der Waals surface area contributed by atoms with E-state index in [1.54, 1.807) is 0 Å². The van der Waals surface area contributed by atoms with E-state index in [2.05, 4.69) is 76.3 Å². The van der Waals surface area contributed by atoms with Crippen LogP contribution in [0.1, 0.15) is 17.2 Å². The normalized spacial score (nSPS) is 16.5. The molecule has 22 heavy (non-hydrogen) atoms. The Morgan fingerprint density at radius 2 is 1.73 bits per heavy atom. The zero-order chi connectivity index (χ0) is 14.5. The minimum atomic E-state index is 0.200. The van der Waals surface area contributed by atoms with Crippen LogP contribution in [0, 0.1) is 0 Å². The molecule has 0 radical (unpaired) electrons. The Labute approximate surface area is 128 Å². The summed E-state index contributed by atoms with van der Waals surface area (Å²) in [5, 5.41) is 2.66. The smallest absolute Gasteiger partial charge is 0.0966 e. The lowest BCUT2D eigenvalue weighted by Crippen LogP contribution is -2.10. The molecule has 1 aliphatic rings. The van der Waals surface area contributed by atoms with E-state index >= 15 is 0 Å². The van der Waals surface area contributed by atoms with Gasteiger partial charge in [0.15, 0.2) is 0 Å². The van der Waals surface area contributed by atoms with Crippen molar-refractivity contribution >= 4 is 27.9 Å². The second-order valence-electron chi connectivity index (χ2n) is 5.74. The summed E-state index contributed by atoms with van der Waals surface area (Å²) in [5.41, 5.74) is 4.86. The lowest BCUT2D eigenvalue weighted by atomic mass is 9.90. The van der Waals surface area contributed by atoms with Crippen LogP contribution in [0.5, 0.6) is 0 Å². The predicted octanol–water partition coefficient (Wildman–Crippen LogP) is 4.81. The Hall–Kier alpha value is -2.87. The summed E-state index contributed by atoms with van der Waals surface area (Å²) in [7, 11) is 0. The molecular weight excluding hydrogens is 268 g/mol. The van der Waals surface area contributed by atoms with Gasteiger partial charge in [0.05, 0.1) is 23.4 Å². The molecule has 1 aliphatic carbocycles. The SMILES string of the molecule is C1=CC(n2cnc3ccccc32)c2cccc3cccc1c23. The summed E-state index contributed by atoms with van der Waals surface area (Å²) in [4.78, 5) is 4.54. The van der Waals surface area contributed by atoms with E-state index < -0.39 is 0 Å². The third-order valence-electron chi connectivity index (χ3n) is 4.53. The molecule has 104 valence electrons. The van der Waals surface area contributed by atoms with Gasteiger partial charge in [0.1, 0.15) is 0 Å². The standard InChI is InChI=1S/C20H14N2/c1-2-10-19-17(9-1)21-13-22(19)18-12-11-15-6-3-5-14-7-4-8-16(18)20(14)15/h1-13,18H. The number of fused-ring (bicyclic) bond motifs is 1. The summed E-state index contributed by atoms with van der Waals surface area (Å²) in [6.45, 7) is 0. The third-order valence-corrected chi connectivity index (χ3v) is 4.53. The van der Waals surface area contributed by atoms with E-state index in [9.17, 15) is 0 Å². The zero-order valence-corrected chi connectivity index (χ0v) is 12.0. The van der Waals surface area contributed by atoms with E-state index in [-0.39, 0.29) is 6.04 Å². The van der Waals surface area contributed by atoms with Crippen molar-refractivity contribution in [3.05, 3.63) is 84.2 Å². The quantitative estimate of drug-likeness (QED) is 0.490. The average molecular weight is 282 g/mol. The summed E-state index contributed by atoms with van der Waals surface area (Å²) in [5.74, 6) is 0. The minimum absolute atomic E-state index is 0.200. The van der Waals surface area contributed by atoms with Gasteiger partial charge in [0.25, 0.3) is 0 Å². The first-order valence-electron chi connectivity index (χ1n) is 7.53. The molecule has 1 atom stereocenters. The summed E-state index contributed by atoms with van der Waals surface area (Å²) in [6, 6.07) is 21.6. The number of allylic oxidation sites excluding steroid dienone is 1. The van der Waals surface area contributed by atoms with E-state index in [1.165, 1.54) is 27.4 Å². The van der Waals surface area contributed by atoms with Gasteiger partial charge in [-0.15, -0.1) is 0 Å². The fourth-order valence-electron chi connectivity index (χ4n) is 3.53. The number of hydrogen-bond acceptors (Lipinski definition) is 1. The Balaban J connectivity index is 1.82. The molecule has 0 amide bonds. The van der Waals surface area contributed by atoms with Gasteiger partial charge in [0.2, 0.25) is 0 Å². The summed E-state index contributed by atoms with van der Waals surface area (Å²) in [6.07, 6.45) is 6.45. The van der Waals surface area contributed by atoms with Crippen molar-refractivity contribution in [2.24, 2.45) is 0 Å². The van der Waals surface area contributed by atoms with Crippen molar-refractivity contribution in [1.29, 1.82) is 0 Å². The van der Waals surface area contributed by atoms with E-state index in [1.807, 2.05) is 12.4 Å². The minimum Gasteiger partial charge on any atom is -0.319 e. The molecule has 2 heteroatoms. The highest BCUT2D eigenvalue weighted by atomic mass is 15.1. The Bertz CT molecular complexity index is 1030. The molecule has 2 nitrogen and oxygen atoms in total. The predicted molar refractivity (Wildman–Crippen MR) is 90.9 cm³/mol. The highest BCUT2D eigenvalue weighted by Crippen LogP contribution is 2.36. The molecule has 0 fully saturated rings. The lowest BCUT2D eigenvalue weighted by Gasteiger charge is -2.23. The van der Waals surface area contributed by atoms with Crippen molar-refractivity contribution in [2.45, 2.75) is 6.04 Å². The van der Waals surface area contributed by atoms with Gasteiger partial charge < -0.3 is 4.57 Å². The van der Waals surface area contributed by atoms with Crippen LogP contribution < -0.4 is 0 Å². The largest absolute Gasteiger partial charge is 0.319 e. The lowest BCUT2D eigenvalue weighted by molar-refractivity contribution is 0.726. The van der Waals surface area contributed by atoms with Crippen LogP contribution in [-0.4, -0.2) is 9.55 Å². The topological polar surface area (TPSA) is 17.8 Å². The molecule has 0 spiro atoms. The fourth-order valence-corrected chi connectivity index (χ4v) is 3.53. The molecule has 0 aliphatic heterocycles. The van der Waals surface area contributed by atoms with Gasteiger partial charge in [-0.1, -0.05) is 60.7 Å². The van der Waals surface area contributed by atoms with Gasteiger partial charge >= 0.3 is 0 Å². The van der Waals surface area contributed by atoms with Gasteiger partial charge in [-0.2, -0.15) is 0 Å². The van der Waals surface area contributed by atoms with Crippen molar-refractivity contribution in [1.82, 2.24) is 9.55 Å². The van der Waals surface area contributed by atoms with Crippen LogP contribution in [0.4, 0.5) is 0 Å². The maximum Gasteiger partial charge on any atom is 0.0966 e. The highest BCUT2D eigenvalue weighted by molar-refractivity contribution is 5.95. The summed E-state index contributed by atoms with van der Waals surface area (Å²) < 4.78 is 2.26. The monoisotopic (exact) mass is 282 g/mol. The maximum atomic E-state index is 4.54. The van der Waals surface area contributed by atoms with Crippen LogP contribution in [0.2, 0.25) is 0 Å². The summed E-state index contributed by atoms with van der Waals surface area (Å²) >= 11 is 0. The van der Waals surface area contributed by atoms with E-state index in [0.717, 1.165) is 5.52 Å². The number of hydrogen-bond donors (Lipinski definition) is 0. The second-order valence-corrected chi connectivity index (χ2v) is 5.74. The van der Waals surface area contributed by atoms with Crippen molar-refractivity contribution in [3.63, 3.8) is 0 Å². The molecule has 0 saturated heterocycles. The number of nitrogens with zero attached hydrogens (tertiary/aromatic N) is 2.